The van der Waals surface area contributed by atoms with E-state index in [1.54, 1.807) is 11.3 Å². The number of thiophene rings is 1. The zero-order valence-electron chi connectivity index (χ0n) is 10.6. The highest BCUT2D eigenvalue weighted by Gasteiger charge is 2.19. The number of aryl methyl sites for hydroxylation is 1. The molecule has 0 aliphatic carbocycles. The first-order valence-corrected chi connectivity index (χ1v) is 7.40. The van der Waals surface area contributed by atoms with Gasteiger partial charge in [0, 0.05) is 4.88 Å². The predicted octanol–water partition coefficient (Wildman–Crippen LogP) is 4.08. The molecule has 96 valence electrons. The molecule has 2 heterocycles. The third kappa shape index (κ3) is 2.79. The van der Waals surface area contributed by atoms with E-state index in [-0.39, 0.29) is 0 Å². The average molecular weight is 281 g/mol. The van der Waals surface area contributed by atoms with Crippen LogP contribution in [0.4, 0.5) is 0 Å². The lowest BCUT2D eigenvalue weighted by Gasteiger charge is -2.01. The molecule has 0 unspecified atom stereocenters. The summed E-state index contributed by atoms with van der Waals surface area (Å²) in [6.45, 7) is 6.18. The molecule has 0 radical (unpaired) electrons. The summed E-state index contributed by atoms with van der Waals surface area (Å²) in [6, 6.07) is 4.04. The van der Waals surface area contributed by atoms with Crippen LogP contribution in [0.5, 0.6) is 0 Å². The Hall–Kier alpha value is -1.20. The maximum Gasteiger partial charge on any atom is 0.347 e. The highest BCUT2D eigenvalue weighted by atomic mass is 32.1. The van der Waals surface area contributed by atoms with Gasteiger partial charge in [-0.25, -0.2) is 9.78 Å². The van der Waals surface area contributed by atoms with Crippen LogP contribution < -0.4 is 0 Å². The van der Waals surface area contributed by atoms with Crippen LogP contribution in [0.1, 0.15) is 34.1 Å². The quantitative estimate of drug-likeness (QED) is 0.918. The zero-order valence-corrected chi connectivity index (χ0v) is 12.2. The molecule has 2 aromatic rings. The number of hydrogen-bond donors (Lipinski definition) is 1. The van der Waals surface area contributed by atoms with Gasteiger partial charge in [0.2, 0.25) is 0 Å². The molecule has 2 rings (SSSR count). The summed E-state index contributed by atoms with van der Waals surface area (Å²) in [7, 11) is 0. The molecule has 1 N–H and O–H groups in total. The van der Waals surface area contributed by atoms with Gasteiger partial charge in [-0.3, -0.25) is 0 Å². The van der Waals surface area contributed by atoms with Crippen molar-refractivity contribution in [3.8, 4) is 9.88 Å². The highest BCUT2D eigenvalue weighted by Crippen LogP contribution is 2.33. The Balaban J connectivity index is 2.42. The molecule has 3 nitrogen and oxygen atoms in total. The SMILES string of the molecule is Cc1ccc(-c2nc(CC(C)C)c(C(=O)O)s2)s1. The summed E-state index contributed by atoms with van der Waals surface area (Å²) < 4.78 is 0. The highest BCUT2D eigenvalue weighted by molar-refractivity contribution is 7.22. The van der Waals surface area contributed by atoms with Crippen molar-refractivity contribution in [3.05, 3.63) is 27.6 Å². The molecule has 0 spiro atoms. The van der Waals surface area contributed by atoms with Crippen LogP contribution >= 0.6 is 22.7 Å². The molecule has 0 aliphatic rings. The van der Waals surface area contributed by atoms with Crippen molar-refractivity contribution in [1.29, 1.82) is 0 Å². The Bertz CT molecular complexity index is 569. The van der Waals surface area contributed by atoms with Crippen LogP contribution in [0.15, 0.2) is 12.1 Å². The van der Waals surface area contributed by atoms with Gasteiger partial charge in [0.15, 0.2) is 0 Å². The summed E-state index contributed by atoms with van der Waals surface area (Å²) in [4.78, 5) is 18.4. The van der Waals surface area contributed by atoms with Gasteiger partial charge in [-0.2, -0.15) is 0 Å². The van der Waals surface area contributed by atoms with Gasteiger partial charge in [0.05, 0.1) is 10.6 Å². The Morgan fingerprint density at radius 1 is 1.39 bits per heavy atom. The zero-order chi connectivity index (χ0) is 13.3. The molecule has 0 saturated carbocycles. The molecule has 0 aromatic carbocycles. The first-order valence-electron chi connectivity index (χ1n) is 5.77. The molecule has 0 saturated heterocycles. The van der Waals surface area contributed by atoms with Crippen molar-refractivity contribution in [2.45, 2.75) is 27.2 Å². The van der Waals surface area contributed by atoms with Crippen LogP contribution in [0, 0.1) is 12.8 Å². The minimum absolute atomic E-state index is 0.379. The normalized spacial score (nSPS) is 11.1. The van der Waals surface area contributed by atoms with Gasteiger partial charge in [-0.15, -0.1) is 22.7 Å². The number of aromatic nitrogens is 1. The monoisotopic (exact) mass is 281 g/mol. The van der Waals surface area contributed by atoms with E-state index in [0.29, 0.717) is 22.9 Å². The summed E-state index contributed by atoms with van der Waals surface area (Å²) in [5.41, 5.74) is 0.712. The second-order valence-electron chi connectivity index (χ2n) is 4.61. The fourth-order valence-electron chi connectivity index (χ4n) is 1.70. The minimum Gasteiger partial charge on any atom is -0.477 e. The van der Waals surface area contributed by atoms with E-state index in [1.165, 1.54) is 16.2 Å². The number of carboxylic acid groups (broad SMARTS) is 1. The number of aromatic carboxylic acids is 1. The molecule has 0 atom stereocenters. The second-order valence-corrected chi connectivity index (χ2v) is 6.90. The average Bonchev–Trinajstić information content (AvgIpc) is 2.83. The lowest BCUT2D eigenvalue weighted by molar-refractivity contribution is 0.0700. The standard InChI is InChI=1S/C13H15NO2S2/c1-7(2)6-9-11(13(15)16)18-12(14-9)10-5-4-8(3)17-10/h4-5,7H,6H2,1-3H3,(H,15,16). The molecule has 0 amide bonds. The summed E-state index contributed by atoms with van der Waals surface area (Å²) >= 11 is 2.92. The van der Waals surface area contributed by atoms with Crippen LogP contribution in [0.25, 0.3) is 9.88 Å². The number of rotatable bonds is 4. The predicted molar refractivity (Wildman–Crippen MR) is 75.7 cm³/mol. The van der Waals surface area contributed by atoms with Crippen molar-refractivity contribution in [2.75, 3.05) is 0 Å². The summed E-state index contributed by atoms with van der Waals surface area (Å²) in [6.07, 6.45) is 0.711. The number of carboxylic acids is 1. The van der Waals surface area contributed by atoms with Crippen LogP contribution in [-0.4, -0.2) is 16.1 Å². The van der Waals surface area contributed by atoms with Crippen LogP contribution in [0.2, 0.25) is 0 Å². The lowest BCUT2D eigenvalue weighted by atomic mass is 10.1. The third-order valence-corrected chi connectivity index (χ3v) is 4.70. The van der Waals surface area contributed by atoms with Gasteiger partial charge in [0.25, 0.3) is 0 Å². The van der Waals surface area contributed by atoms with E-state index in [4.69, 9.17) is 0 Å². The fourth-order valence-corrected chi connectivity index (χ4v) is 3.55. The Kier molecular flexibility index (Phi) is 3.82. The Morgan fingerprint density at radius 2 is 2.11 bits per heavy atom. The van der Waals surface area contributed by atoms with Crippen LogP contribution in [-0.2, 0) is 6.42 Å². The van der Waals surface area contributed by atoms with E-state index in [0.717, 1.165) is 9.88 Å². The summed E-state index contributed by atoms with van der Waals surface area (Å²) in [5, 5.41) is 10.0. The van der Waals surface area contributed by atoms with Crippen molar-refractivity contribution >= 4 is 28.6 Å². The lowest BCUT2D eigenvalue weighted by Crippen LogP contribution is -2.02. The molecular formula is C13H15NO2S2. The molecule has 0 aliphatic heterocycles. The van der Waals surface area contributed by atoms with Crippen molar-refractivity contribution in [2.24, 2.45) is 5.92 Å². The van der Waals surface area contributed by atoms with E-state index in [2.05, 4.69) is 18.8 Å². The molecule has 0 fully saturated rings. The van der Waals surface area contributed by atoms with Gasteiger partial charge in [0.1, 0.15) is 9.88 Å². The van der Waals surface area contributed by atoms with E-state index >= 15 is 0 Å². The van der Waals surface area contributed by atoms with Gasteiger partial charge < -0.3 is 5.11 Å². The minimum atomic E-state index is -0.873. The summed E-state index contributed by atoms with van der Waals surface area (Å²) in [5.74, 6) is -0.467. The van der Waals surface area contributed by atoms with E-state index in [9.17, 15) is 9.90 Å². The Labute approximate surface area is 114 Å². The van der Waals surface area contributed by atoms with E-state index < -0.39 is 5.97 Å². The first kappa shape index (κ1) is 13.2. The molecule has 0 bridgehead atoms. The molecule has 18 heavy (non-hydrogen) atoms. The van der Waals surface area contributed by atoms with Gasteiger partial charge in [-0.1, -0.05) is 13.8 Å². The van der Waals surface area contributed by atoms with Gasteiger partial charge >= 0.3 is 5.97 Å². The number of hydrogen-bond acceptors (Lipinski definition) is 4. The van der Waals surface area contributed by atoms with Crippen molar-refractivity contribution < 1.29 is 9.90 Å². The molecule has 5 heteroatoms. The van der Waals surface area contributed by atoms with Crippen molar-refractivity contribution in [1.82, 2.24) is 4.98 Å². The first-order chi connectivity index (χ1) is 8.47. The topological polar surface area (TPSA) is 50.2 Å². The molecular weight excluding hydrogens is 266 g/mol. The Morgan fingerprint density at radius 3 is 2.61 bits per heavy atom. The third-order valence-electron chi connectivity index (χ3n) is 2.44. The molecule has 2 aromatic heterocycles. The number of thiazole rings is 1. The van der Waals surface area contributed by atoms with Crippen molar-refractivity contribution in [3.63, 3.8) is 0 Å². The smallest absolute Gasteiger partial charge is 0.347 e. The van der Waals surface area contributed by atoms with E-state index in [1.807, 2.05) is 19.1 Å². The van der Waals surface area contributed by atoms with Gasteiger partial charge in [-0.05, 0) is 31.4 Å². The number of carbonyl (C=O) groups is 1. The van der Waals surface area contributed by atoms with Crippen LogP contribution in [0.3, 0.4) is 0 Å². The maximum atomic E-state index is 11.2. The number of nitrogens with zero attached hydrogens (tertiary/aromatic N) is 1. The maximum absolute atomic E-state index is 11.2. The fraction of sp³-hybridized carbons (Fsp3) is 0.385. The second kappa shape index (κ2) is 5.20. The largest absolute Gasteiger partial charge is 0.477 e.